The summed E-state index contributed by atoms with van der Waals surface area (Å²) in [5, 5.41) is 7.30. The van der Waals surface area contributed by atoms with E-state index in [1.807, 2.05) is 45.0 Å². The molecule has 0 aliphatic heterocycles. The van der Waals surface area contributed by atoms with Crippen molar-refractivity contribution in [2.75, 3.05) is 11.9 Å². The molecular formula is C18H19ClN2O2. The van der Waals surface area contributed by atoms with E-state index < -0.39 is 0 Å². The number of nitrogens with zero attached hydrogens (tertiary/aromatic N) is 1. The molecule has 0 spiro atoms. The first-order valence-electron chi connectivity index (χ1n) is 7.24. The molecule has 2 rings (SSSR count). The summed E-state index contributed by atoms with van der Waals surface area (Å²) in [5.41, 5.74) is 4.90. The molecule has 1 N–H and O–H groups in total. The van der Waals surface area contributed by atoms with Crippen molar-refractivity contribution in [3.05, 3.63) is 63.7 Å². The Morgan fingerprint density at radius 1 is 1.17 bits per heavy atom. The van der Waals surface area contributed by atoms with Gasteiger partial charge in [-0.25, -0.2) is 0 Å². The van der Waals surface area contributed by atoms with Crippen LogP contribution < -0.4 is 5.32 Å². The highest BCUT2D eigenvalue weighted by Gasteiger charge is 2.08. The Labute approximate surface area is 141 Å². The summed E-state index contributed by atoms with van der Waals surface area (Å²) in [4.78, 5) is 17.0. The summed E-state index contributed by atoms with van der Waals surface area (Å²) in [7, 11) is 0. The van der Waals surface area contributed by atoms with Crippen molar-refractivity contribution in [3.63, 3.8) is 0 Å². The lowest BCUT2D eigenvalue weighted by Crippen LogP contribution is -2.18. The van der Waals surface area contributed by atoms with Crippen LogP contribution in [0.3, 0.4) is 0 Å². The van der Waals surface area contributed by atoms with Gasteiger partial charge in [0.25, 0.3) is 5.91 Å². The lowest BCUT2D eigenvalue weighted by atomic mass is 10.1. The molecule has 0 saturated heterocycles. The van der Waals surface area contributed by atoms with Crippen molar-refractivity contribution in [3.8, 4) is 0 Å². The van der Waals surface area contributed by atoms with Crippen LogP contribution in [0.5, 0.6) is 0 Å². The van der Waals surface area contributed by atoms with E-state index in [-0.39, 0.29) is 12.5 Å². The number of aryl methyl sites for hydroxylation is 3. The van der Waals surface area contributed by atoms with Gasteiger partial charge in [0, 0.05) is 10.7 Å². The second kappa shape index (κ2) is 7.79. The van der Waals surface area contributed by atoms with E-state index in [1.54, 1.807) is 12.1 Å². The summed E-state index contributed by atoms with van der Waals surface area (Å²) in [6.07, 6.45) is 1.53. The summed E-state index contributed by atoms with van der Waals surface area (Å²) >= 11 is 5.80. The highest BCUT2D eigenvalue weighted by atomic mass is 35.5. The summed E-state index contributed by atoms with van der Waals surface area (Å²) < 4.78 is 0. The first-order valence-corrected chi connectivity index (χ1v) is 7.62. The van der Waals surface area contributed by atoms with Gasteiger partial charge in [-0.05, 0) is 49.6 Å². The molecule has 0 aromatic heterocycles. The molecule has 23 heavy (non-hydrogen) atoms. The molecule has 0 fully saturated rings. The highest BCUT2D eigenvalue weighted by Crippen LogP contribution is 2.21. The fourth-order valence-corrected chi connectivity index (χ4v) is 2.42. The van der Waals surface area contributed by atoms with Gasteiger partial charge in [0.15, 0.2) is 6.61 Å². The van der Waals surface area contributed by atoms with E-state index in [4.69, 9.17) is 16.4 Å². The van der Waals surface area contributed by atoms with Gasteiger partial charge in [-0.15, -0.1) is 0 Å². The van der Waals surface area contributed by atoms with Crippen molar-refractivity contribution in [1.82, 2.24) is 0 Å². The predicted molar refractivity (Wildman–Crippen MR) is 94.3 cm³/mol. The Bertz CT molecular complexity index is 701. The van der Waals surface area contributed by atoms with Crippen LogP contribution in [0.2, 0.25) is 5.02 Å². The largest absolute Gasteiger partial charge is 0.386 e. The minimum atomic E-state index is -0.242. The van der Waals surface area contributed by atoms with Crippen LogP contribution >= 0.6 is 11.6 Å². The molecule has 4 nitrogen and oxygen atoms in total. The molecule has 5 heteroatoms. The number of anilines is 1. The maximum Gasteiger partial charge on any atom is 0.265 e. The standard InChI is InChI=1S/C18H19ClN2O2/c1-12-8-13(2)18(14(3)9-12)21-17(22)11-23-20-10-15-4-6-16(19)7-5-15/h4-10H,11H2,1-3H3,(H,21,22)/b20-10+. The first kappa shape index (κ1) is 17.0. The summed E-state index contributed by atoms with van der Waals surface area (Å²) in [6, 6.07) is 11.2. The average molecular weight is 331 g/mol. The molecule has 0 atom stereocenters. The monoisotopic (exact) mass is 330 g/mol. The molecule has 2 aromatic carbocycles. The lowest BCUT2D eigenvalue weighted by Gasteiger charge is -2.12. The highest BCUT2D eigenvalue weighted by molar-refractivity contribution is 6.30. The molecule has 120 valence electrons. The summed E-state index contributed by atoms with van der Waals surface area (Å²) in [5.74, 6) is -0.242. The zero-order valence-electron chi connectivity index (χ0n) is 13.4. The minimum absolute atomic E-state index is 0.142. The van der Waals surface area contributed by atoms with E-state index >= 15 is 0 Å². The van der Waals surface area contributed by atoms with E-state index in [2.05, 4.69) is 10.5 Å². The molecule has 0 radical (unpaired) electrons. The van der Waals surface area contributed by atoms with Gasteiger partial charge in [-0.1, -0.05) is 46.6 Å². The van der Waals surface area contributed by atoms with E-state index in [9.17, 15) is 4.79 Å². The van der Waals surface area contributed by atoms with Crippen molar-refractivity contribution in [1.29, 1.82) is 0 Å². The maximum absolute atomic E-state index is 11.9. The zero-order valence-corrected chi connectivity index (χ0v) is 14.1. The third kappa shape index (κ3) is 5.11. The number of amides is 1. The molecular weight excluding hydrogens is 312 g/mol. The van der Waals surface area contributed by atoms with Crippen LogP contribution in [0.4, 0.5) is 5.69 Å². The van der Waals surface area contributed by atoms with Crippen LogP contribution in [0.1, 0.15) is 22.3 Å². The average Bonchev–Trinajstić information content (AvgIpc) is 2.49. The number of hydrogen-bond donors (Lipinski definition) is 1. The smallest absolute Gasteiger partial charge is 0.265 e. The molecule has 0 heterocycles. The molecule has 1 amide bonds. The second-order valence-electron chi connectivity index (χ2n) is 5.38. The van der Waals surface area contributed by atoms with Crippen LogP contribution in [0.25, 0.3) is 0 Å². The number of benzene rings is 2. The third-order valence-electron chi connectivity index (χ3n) is 3.28. The Hall–Kier alpha value is -2.33. The summed E-state index contributed by atoms with van der Waals surface area (Å²) in [6.45, 7) is 5.82. The van der Waals surface area contributed by atoms with E-state index in [1.165, 1.54) is 11.8 Å². The predicted octanol–water partition coefficient (Wildman–Crippen LogP) is 4.25. The van der Waals surface area contributed by atoms with Crippen molar-refractivity contribution < 1.29 is 9.63 Å². The number of carbonyl (C=O) groups excluding carboxylic acids is 1. The van der Waals surface area contributed by atoms with Gasteiger partial charge < -0.3 is 10.2 Å². The van der Waals surface area contributed by atoms with Gasteiger partial charge in [0.1, 0.15) is 0 Å². The third-order valence-corrected chi connectivity index (χ3v) is 3.54. The second-order valence-corrected chi connectivity index (χ2v) is 5.82. The van der Waals surface area contributed by atoms with Crippen LogP contribution in [0, 0.1) is 20.8 Å². The SMILES string of the molecule is Cc1cc(C)c(NC(=O)CO/N=C/c2ccc(Cl)cc2)c(C)c1. The van der Waals surface area contributed by atoms with Crippen molar-refractivity contribution in [2.45, 2.75) is 20.8 Å². The normalized spacial score (nSPS) is 10.8. The number of hydrogen-bond acceptors (Lipinski definition) is 3. The van der Waals surface area contributed by atoms with Crippen molar-refractivity contribution in [2.24, 2.45) is 5.16 Å². The van der Waals surface area contributed by atoms with Crippen LogP contribution in [0.15, 0.2) is 41.6 Å². The molecule has 0 unspecified atom stereocenters. The van der Waals surface area contributed by atoms with Gasteiger partial charge in [-0.3, -0.25) is 4.79 Å². The Kier molecular flexibility index (Phi) is 5.77. The molecule has 0 aliphatic carbocycles. The fourth-order valence-electron chi connectivity index (χ4n) is 2.30. The topological polar surface area (TPSA) is 50.7 Å². The Morgan fingerprint density at radius 2 is 1.78 bits per heavy atom. The van der Waals surface area contributed by atoms with Crippen LogP contribution in [-0.4, -0.2) is 18.7 Å². The number of oxime groups is 1. The molecule has 0 bridgehead atoms. The maximum atomic E-state index is 11.9. The molecule has 0 saturated carbocycles. The molecule has 0 aliphatic rings. The van der Waals surface area contributed by atoms with E-state index in [0.717, 1.165) is 22.4 Å². The van der Waals surface area contributed by atoms with Crippen molar-refractivity contribution >= 4 is 29.4 Å². The van der Waals surface area contributed by atoms with E-state index in [0.29, 0.717) is 5.02 Å². The zero-order chi connectivity index (χ0) is 16.8. The fraction of sp³-hybridized carbons (Fsp3) is 0.222. The Balaban J connectivity index is 1.87. The number of nitrogens with one attached hydrogen (secondary N) is 1. The van der Waals surface area contributed by atoms with Gasteiger partial charge >= 0.3 is 0 Å². The minimum Gasteiger partial charge on any atom is -0.386 e. The van der Waals surface area contributed by atoms with Gasteiger partial charge in [0.2, 0.25) is 0 Å². The van der Waals surface area contributed by atoms with Gasteiger partial charge in [-0.2, -0.15) is 0 Å². The quantitative estimate of drug-likeness (QED) is 0.658. The number of carbonyl (C=O) groups is 1. The number of rotatable bonds is 5. The lowest BCUT2D eigenvalue weighted by molar-refractivity contribution is -0.120. The first-order chi connectivity index (χ1) is 11.0. The van der Waals surface area contributed by atoms with Crippen LogP contribution in [-0.2, 0) is 9.63 Å². The number of halogens is 1. The van der Waals surface area contributed by atoms with Gasteiger partial charge in [0.05, 0.1) is 6.21 Å². The Morgan fingerprint density at radius 3 is 2.39 bits per heavy atom. The molecule has 2 aromatic rings.